The molecule has 1 amide bonds. The van der Waals surface area contributed by atoms with E-state index < -0.39 is 0 Å². The van der Waals surface area contributed by atoms with Crippen LogP contribution in [0.15, 0.2) is 89.5 Å². The molecule has 3 nitrogen and oxygen atoms in total. The fourth-order valence-electron chi connectivity index (χ4n) is 3.78. The fourth-order valence-corrected chi connectivity index (χ4v) is 4.96. The van der Waals surface area contributed by atoms with Gasteiger partial charge in [-0.25, -0.2) is 0 Å². The Morgan fingerprint density at radius 1 is 0.929 bits per heavy atom. The van der Waals surface area contributed by atoms with Crippen LogP contribution in [0.2, 0.25) is 0 Å². The van der Waals surface area contributed by atoms with Crippen LogP contribution in [-0.2, 0) is 11.3 Å². The Balaban J connectivity index is 1.45. The molecule has 0 spiro atoms. The van der Waals surface area contributed by atoms with E-state index in [1.807, 2.05) is 17.0 Å². The average Bonchev–Trinajstić information content (AvgIpc) is 3.38. The minimum Gasteiger partial charge on any atom is -0.467 e. The van der Waals surface area contributed by atoms with Crippen molar-refractivity contribution in [3.05, 3.63) is 96.4 Å². The van der Waals surface area contributed by atoms with Gasteiger partial charge in [-0.15, -0.1) is 11.8 Å². The molecule has 0 saturated carbocycles. The summed E-state index contributed by atoms with van der Waals surface area (Å²) in [5.74, 6) is 1.48. The van der Waals surface area contributed by atoms with E-state index in [2.05, 4.69) is 66.7 Å². The van der Waals surface area contributed by atoms with Crippen molar-refractivity contribution in [1.82, 2.24) is 4.90 Å². The van der Waals surface area contributed by atoms with Gasteiger partial charge < -0.3 is 9.32 Å². The maximum absolute atomic E-state index is 12.4. The summed E-state index contributed by atoms with van der Waals surface area (Å²) < 4.78 is 5.44. The molecule has 4 aromatic rings. The van der Waals surface area contributed by atoms with Crippen molar-refractivity contribution in [2.45, 2.75) is 11.9 Å². The minimum absolute atomic E-state index is 0.0270. The number of furan rings is 1. The smallest absolute Gasteiger partial charge is 0.234 e. The first kappa shape index (κ1) is 17.1. The van der Waals surface area contributed by atoms with Crippen LogP contribution in [0.5, 0.6) is 0 Å². The highest BCUT2D eigenvalue weighted by Gasteiger charge is 2.33. The number of fused-ring (bicyclic) bond motifs is 1. The molecule has 0 N–H and O–H groups in total. The van der Waals surface area contributed by atoms with Crippen LogP contribution in [0, 0.1) is 0 Å². The third-order valence-corrected chi connectivity index (χ3v) is 6.43. The molecule has 5 rings (SSSR count). The lowest BCUT2D eigenvalue weighted by Crippen LogP contribution is -2.27. The van der Waals surface area contributed by atoms with Gasteiger partial charge in [0.1, 0.15) is 11.1 Å². The molecular weight excluding hydrogens is 366 g/mol. The summed E-state index contributed by atoms with van der Waals surface area (Å²) >= 11 is 1.67. The van der Waals surface area contributed by atoms with E-state index in [9.17, 15) is 4.79 Å². The normalized spacial score (nSPS) is 16.8. The van der Waals surface area contributed by atoms with Crippen LogP contribution >= 0.6 is 11.8 Å². The summed E-state index contributed by atoms with van der Waals surface area (Å²) in [6.07, 6.45) is 1.65. The predicted octanol–water partition coefficient (Wildman–Crippen LogP) is 5.87. The van der Waals surface area contributed by atoms with Crippen molar-refractivity contribution in [1.29, 1.82) is 0 Å². The third kappa shape index (κ3) is 3.10. The molecule has 138 valence electrons. The Morgan fingerprint density at radius 2 is 1.75 bits per heavy atom. The molecule has 0 bridgehead atoms. The Morgan fingerprint density at radius 3 is 2.57 bits per heavy atom. The second-order valence-electron chi connectivity index (χ2n) is 6.91. The topological polar surface area (TPSA) is 33.5 Å². The molecule has 1 aliphatic heterocycles. The van der Waals surface area contributed by atoms with Crippen LogP contribution in [0.4, 0.5) is 0 Å². The monoisotopic (exact) mass is 385 g/mol. The van der Waals surface area contributed by atoms with Gasteiger partial charge in [-0.3, -0.25) is 4.79 Å². The van der Waals surface area contributed by atoms with Crippen LogP contribution in [0.25, 0.3) is 21.9 Å². The molecular formula is C24H19NO2S. The van der Waals surface area contributed by atoms with Crippen molar-refractivity contribution in [2.75, 3.05) is 5.75 Å². The lowest BCUT2D eigenvalue weighted by Gasteiger charge is -2.23. The quantitative estimate of drug-likeness (QED) is 0.440. The molecule has 1 aromatic heterocycles. The van der Waals surface area contributed by atoms with Gasteiger partial charge in [0.15, 0.2) is 0 Å². The van der Waals surface area contributed by atoms with Gasteiger partial charge in [0.25, 0.3) is 0 Å². The number of nitrogens with zero attached hydrogens (tertiary/aromatic N) is 1. The van der Waals surface area contributed by atoms with E-state index in [1.54, 1.807) is 18.0 Å². The van der Waals surface area contributed by atoms with Crippen molar-refractivity contribution < 1.29 is 9.21 Å². The number of hydrogen-bond donors (Lipinski definition) is 0. The van der Waals surface area contributed by atoms with Crippen LogP contribution in [-0.4, -0.2) is 16.6 Å². The van der Waals surface area contributed by atoms with Crippen molar-refractivity contribution >= 4 is 28.4 Å². The average molecular weight is 385 g/mol. The molecule has 3 aromatic carbocycles. The van der Waals surface area contributed by atoms with Crippen LogP contribution in [0.1, 0.15) is 16.7 Å². The molecule has 0 aliphatic carbocycles. The Labute approximate surface area is 168 Å². The highest BCUT2D eigenvalue weighted by atomic mass is 32.2. The number of thioether (sulfide) groups is 1. The Hall–Kier alpha value is -2.98. The van der Waals surface area contributed by atoms with Crippen LogP contribution in [0.3, 0.4) is 0 Å². The number of carbonyl (C=O) groups excluding carboxylic acids is 1. The maximum Gasteiger partial charge on any atom is 0.234 e. The van der Waals surface area contributed by atoms with E-state index in [0.29, 0.717) is 12.3 Å². The summed E-state index contributed by atoms with van der Waals surface area (Å²) in [5.41, 5.74) is 3.56. The molecule has 2 heterocycles. The zero-order valence-corrected chi connectivity index (χ0v) is 16.1. The van der Waals surface area contributed by atoms with Gasteiger partial charge in [-0.05, 0) is 39.6 Å². The summed E-state index contributed by atoms with van der Waals surface area (Å²) in [5, 5.41) is 2.52. The van der Waals surface area contributed by atoms with Crippen LogP contribution < -0.4 is 0 Å². The molecule has 1 fully saturated rings. The first-order valence-electron chi connectivity index (χ1n) is 9.31. The van der Waals surface area contributed by atoms with E-state index in [-0.39, 0.29) is 11.3 Å². The Bertz CT molecular complexity index is 1110. The van der Waals surface area contributed by atoms with Crippen molar-refractivity contribution in [2.24, 2.45) is 0 Å². The first-order valence-corrected chi connectivity index (χ1v) is 10.4. The lowest BCUT2D eigenvalue weighted by molar-refractivity contribution is -0.128. The third-order valence-electron chi connectivity index (χ3n) is 5.17. The van der Waals surface area contributed by atoms with Gasteiger partial charge in [0.05, 0.1) is 18.6 Å². The van der Waals surface area contributed by atoms with E-state index >= 15 is 0 Å². The maximum atomic E-state index is 12.4. The standard InChI is InChI=1S/C24H19NO2S/c26-23-16-28-24(25(23)15-20-7-4-14-27-20)19-12-10-18(11-13-19)22-9-3-6-17-5-1-2-8-21(17)22/h1-14,24H,15-16H2. The molecule has 4 heteroatoms. The van der Waals surface area contributed by atoms with Gasteiger partial charge in [-0.2, -0.15) is 0 Å². The first-order chi connectivity index (χ1) is 13.8. The van der Waals surface area contributed by atoms with Gasteiger partial charge in [-0.1, -0.05) is 66.7 Å². The molecule has 1 atom stereocenters. The number of carbonyl (C=O) groups is 1. The van der Waals surface area contributed by atoms with E-state index in [0.717, 1.165) is 11.3 Å². The largest absolute Gasteiger partial charge is 0.467 e. The summed E-state index contributed by atoms with van der Waals surface area (Å²) in [7, 11) is 0. The summed E-state index contributed by atoms with van der Waals surface area (Å²) in [6, 6.07) is 27.2. The minimum atomic E-state index is 0.0270. The number of amides is 1. The van der Waals surface area contributed by atoms with Crippen molar-refractivity contribution in [3.8, 4) is 11.1 Å². The fraction of sp³-hybridized carbons (Fsp3) is 0.125. The summed E-state index contributed by atoms with van der Waals surface area (Å²) in [4.78, 5) is 14.3. The second-order valence-corrected chi connectivity index (χ2v) is 7.98. The number of hydrogen-bond acceptors (Lipinski definition) is 3. The zero-order valence-electron chi connectivity index (χ0n) is 15.2. The van der Waals surface area contributed by atoms with Gasteiger partial charge in [0.2, 0.25) is 5.91 Å². The Kier molecular flexibility index (Phi) is 4.41. The zero-order chi connectivity index (χ0) is 18.9. The SMILES string of the molecule is O=C1CSC(c2ccc(-c3cccc4ccccc34)cc2)N1Cc1ccco1. The highest BCUT2D eigenvalue weighted by molar-refractivity contribution is 8.00. The van der Waals surface area contributed by atoms with Gasteiger partial charge in [0, 0.05) is 0 Å². The summed E-state index contributed by atoms with van der Waals surface area (Å²) in [6.45, 7) is 0.509. The predicted molar refractivity (Wildman–Crippen MR) is 114 cm³/mol. The van der Waals surface area contributed by atoms with E-state index in [1.165, 1.54) is 21.9 Å². The molecule has 28 heavy (non-hydrogen) atoms. The van der Waals surface area contributed by atoms with Crippen molar-refractivity contribution in [3.63, 3.8) is 0 Å². The molecule has 0 radical (unpaired) electrons. The molecule has 1 aliphatic rings. The molecule has 1 saturated heterocycles. The van der Waals surface area contributed by atoms with Gasteiger partial charge >= 0.3 is 0 Å². The second kappa shape index (κ2) is 7.21. The highest BCUT2D eigenvalue weighted by Crippen LogP contribution is 2.40. The lowest BCUT2D eigenvalue weighted by atomic mass is 9.97. The number of benzene rings is 3. The van der Waals surface area contributed by atoms with E-state index in [4.69, 9.17) is 4.42 Å². The number of rotatable bonds is 4. The molecule has 1 unspecified atom stereocenters.